The Morgan fingerprint density at radius 3 is 2.83 bits per heavy atom. The smallest absolute Gasteiger partial charge is 0.287 e. The molecule has 0 spiro atoms. The maximum Gasteiger partial charge on any atom is 0.287 e. The summed E-state index contributed by atoms with van der Waals surface area (Å²) in [6, 6.07) is 9.99. The number of carbonyl (C=O) groups excluding carboxylic acids is 2. The minimum atomic E-state index is -0.364. The minimum absolute atomic E-state index is 0.124. The lowest BCUT2D eigenvalue weighted by molar-refractivity contribution is 0.0954. The number of carbonyl (C=O) groups is 2. The normalized spacial score (nSPS) is 16.1. The van der Waals surface area contributed by atoms with Crippen molar-refractivity contribution < 1.29 is 14.0 Å². The lowest BCUT2D eigenvalue weighted by atomic mass is 10.2. The van der Waals surface area contributed by atoms with Gasteiger partial charge < -0.3 is 4.42 Å². The number of nitrogens with zero attached hydrogens (tertiary/aromatic N) is 2. The maximum atomic E-state index is 12.0. The van der Waals surface area contributed by atoms with Crippen molar-refractivity contribution in [2.75, 3.05) is 5.75 Å². The Morgan fingerprint density at radius 1 is 1.35 bits per heavy atom. The van der Waals surface area contributed by atoms with Crippen molar-refractivity contribution >= 4 is 40.3 Å². The Labute approximate surface area is 141 Å². The first-order chi connectivity index (χ1) is 11.1. The van der Waals surface area contributed by atoms with Crippen LogP contribution in [0, 0.1) is 0 Å². The topological polar surface area (TPSA) is 74.9 Å². The molecule has 0 radical (unpaired) electrons. The molecule has 23 heavy (non-hydrogen) atoms. The highest BCUT2D eigenvalue weighted by Crippen LogP contribution is 2.22. The highest BCUT2D eigenvalue weighted by atomic mass is 35.5. The van der Waals surface area contributed by atoms with Crippen LogP contribution in [-0.4, -0.2) is 27.6 Å². The number of nitrogens with one attached hydrogen (secondary N) is 1. The number of thioether (sulfide) groups is 1. The van der Waals surface area contributed by atoms with Crippen molar-refractivity contribution in [2.45, 2.75) is 6.54 Å². The van der Waals surface area contributed by atoms with E-state index in [-0.39, 0.29) is 17.7 Å². The number of furan rings is 1. The van der Waals surface area contributed by atoms with E-state index in [0.717, 1.165) is 11.8 Å². The average Bonchev–Trinajstić information content (AvgIpc) is 3.18. The van der Waals surface area contributed by atoms with Crippen LogP contribution in [0.25, 0.3) is 0 Å². The van der Waals surface area contributed by atoms with Crippen LogP contribution in [0.4, 0.5) is 4.79 Å². The van der Waals surface area contributed by atoms with Gasteiger partial charge in [-0.05, 0) is 36.4 Å². The summed E-state index contributed by atoms with van der Waals surface area (Å²) in [7, 11) is 0. The largest absolute Gasteiger partial charge is 0.467 e. The number of benzene rings is 1. The first-order valence-electron chi connectivity index (χ1n) is 6.72. The Morgan fingerprint density at radius 2 is 2.13 bits per heavy atom. The average molecular weight is 350 g/mol. The molecule has 1 fully saturated rings. The molecule has 2 amide bonds. The zero-order valence-corrected chi connectivity index (χ0v) is 13.4. The Bertz CT molecular complexity index is 744. The van der Waals surface area contributed by atoms with E-state index in [0.29, 0.717) is 27.9 Å². The summed E-state index contributed by atoms with van der Waals surface area (Å²) >= 11 is 6.92. The lowest BCUT2D eigenvalue weighted by Crippen LogP contribution is -2.31. The van der Waals surface area contributed by atoms with Crippen LogP contribution in [0.15, 0.2) is 52.2 Å². The van der Waals surface area contributed by atoms with Crippen molar-refractivity contribution in [2.24, 2.45) is 5.10 Å². The fraction of sp³-hybridized carbons (Fsp3) is 0.133. The zero-order chi connectivity index (χ0) is 16.2. The van der Waals surface area contributed by atoms with Crippen LogP contribution >= 0.6 is 23.4 Å². The second kappa shape index (κ2) is 6.89. The van der Waals surface area contributed by atoms with Crippen LogP contribution in [0.5, 0.6) is 0 Å². The van der Waals surface area contributed by atoms with Gasteiger partial charge in [-0.3, -0.25) is 14.5 Å². The summed E-state index contributed by atoms with van der Waals surface area (Å²) in [5, 5.41) is 4.49. The van der Waals surface area contributed by atoms with Gasteiger partial charge in [0.2, 0.25) is 0 Å². The van der Waals surface area contributed by atoms with Crippen LogP contribution in [0.1, 0.15) is 16.1 Å². The minimum Gasteiger partial charge on any atom is -0.467 e. The number of amides is 2. The predicted molar refractivity (Wildman–Crippen MR) is 88.5 cm³/mol. The van der Waals surface area contributed by atoms with E-state index in [1.54, 1.807) is 42.7 Å². The molecule has 1 aromatic heterocycles. The van der Waals surface area contributed by atoms with E-state index in [2.05, 4.69) is 10.5 Å². The summed E-state index contributed by atoms with van der Waals surface area (Å²) < 4.78 is 5.24. The summed E-state index contributed by atoms with van der Waals surface area (Å²) in [6.45, 7) is 0.286. The first kappa shape index (κ1) is 15.6. The van der Waals surface area contributed by atoms with Crippen LogP contribution < -0.4 is 5.43 Å². The van der Waals surface area contributed by atoms with Crippen molar-refractivity contribution in [1.29, 1.82) is 0 Å². The van der Waals surface area contributed by atoms with Gasteiger partial charge in [-0.25, -0.2) is 5.43 Å². The molecule has 8 heteroatoms. The third-order valence-electron chi connectivity index (χ3n) is 3.14. The number of halogens is 1. The molecule has 2 heterocycles. The van der Waals surface area contributed by atoms with Crippen molar-refractivity contribution in [1.82, 2.24) is 10.3 Å². The molecule has 1 aromatic carbocycles. The van der Waals surface area contributed by atoms with E-state index in [1.807, 2.05) is 0 Å². The molecule has 0 unspecified atom stereocenters. The molecule has 0 bridgehead atoms. The van der Waals surface area contributed by atoms with Gasteiger partial charge in [0.25, 0.3) is 11.1 Å². The van der Waals surface area contributed by atoms with Crippen molar-refractivity contribution in [3.8, 4) is 0 Å². The number of hydrazone groups is 1. The van der Waals surface area contributed by atoms with E-state index in [1.165, 1.54) is 4.90 Å². The van der Waals surface area contributed by atoms with Gasteiger partial charge in [0.1, 0.15) is 11.6 Å². The second-order valence-corrected chi connectivity index (χ2v) is 6.06. The highest BCUT2D eigenvalue weighted by Gasteiger charge is 2.29. The Balaban J connectivity index is 1.69. The number of amidine groups is 1. The number of rotatable bonds is 4. The SMILES string of the molecule is O=C(N/N=C1\CSC(=O)N1Cc1ccco1)c1ccc(Cl)cc1. The fourth-order valence-corrected chi connectivity index (χ4v) is 2.90. The maximum absolute atomic E-state index is 12.0. The van der Waals surface area contributed by atoms with Crippen LogP contribution in [0.3, 0.4) is 0 Å². The molecular formula is C15H12ClN3O3S. The molecule has 2 aromatic rings. The lowest BCUT2D eigenvalue weighted by Gasteiger charge is -2.14. The van der Waals surface area contributed by atoms with Crippen molar-refractivity contribution in [3.63, 3.8) is 0 Å². The summed E-state index contributed by atoms with van der Waals surface area (Å²) in [5.74, 6) is 1.17. The Kier molecular flexibility index (Phi) is 4.68. The molecule has 1 N–H and O–H groups in total. The molecule has 1 aliphatic heterocycles. The van der Waals surface area contributed by atoms with E-state index < -0.39 is 0 Å². The third-order valence-corrected chi connectivity index (χ3v) is 4.27. The summed E-state index contributed by atoms with van der Waals surface area (Å²) in [5.41, 5.74) is 2.90. The molecule has 1 saturated heterocycles. The first-order valence-corrected chi connectivity index (χ1v) is 8.09. The van der Waals surface area contributed by atoms with Gasteiger partial charge in [-0.15, -0.1) is 0 Å². The zero-order valence-electron chi connectivity index (χ0n) is 11.9. The molecule has 118 valence electrons. The molecule has 0 saturated carbocycles. The summed E-state index contributed by atoms with van der Waals surface area (Å²) in [4.78, 5) is 25.4. The van der Waals surface area contributed by atoms with Crippen molar-refractivity contribution in [3.05, 3.63) is 59.0 Å². The van der Waals surface area contributed by atoms with Crippen LogP contribution in [0.2, 0.25) is 5.02 Å². The van der Waals surface area contributed by atoms with Gasteiger partial charge in [0, 0.05) is 10.6 Å². The highest BCUT2D eigenvalue weighted by molar-refractivity contribution is 8.14. The molecule has 0 aliphatic carbocycles. The van der Waals surface area contributed by atoms with Crippen LogP contribution in [-0.2, 0) is 6.54 Å². The second-order valence-electron chi connectivity index (χ2n) is 4.70. The Hall–Kier alpha value is -2.25. The molecule has 0 atom stereocenters. The number of hydrogen-bond acceptors (Lipinski definition) is 5. The van der Waals surface area contributed by atoms with Gasteiger partial charge in [-0.2, -0.15) is 5.10 Å². The number of hydrogen-bond donors (Lipinski definition) is 1. The van der Waals surface area contributed by atoms with E-state index in [4.69, 9.17) is 16.0 Å². The fourth-order valence-electron chi connectivity index (χ4n) is 1.98. The van der Waals surface area contributed by atoms with E-state index >= 15 is 0 Å². The molecule has 6 nitrogen and oxygen atoms in total. The van der Waals surface area contributed by atoms with Gasteiger partial charge in [-0.1, -0.05) is 23.4 Å². The van der Waals surface area contributed by atoms with Gasteiger partial charge in [0.15, 0.2) is 0 Å². The van der Waals surface area contributed by atoms with E-state index in [9.17, 15) is 9.59 Å². The third kappa shape index (κ3) is 3.75. The molecular weight excluding hydrogens is 338 g/mol. The molecule has 3 rings (SSSR count). The standard InChI is InChI=1S/C15H12ClN3O3S/c16-11-5-3-10(4-6-11)14(20)18-17-13-9-23-15(21)19(13)8-12-2-1-7-22-12/h1-7H,8-9H2,(H,18,20)/b17-13+. The summed E-state index contributed by atoms with van der Waals surface area (Å²) in [6.07, 6.45) is 1.54. The molecule has 1 aliphatic rings. The predicted octanol–water partition coefficient (Wildman–Crippen LogP) is 3.35. The van der Waals surface area contributed by atoms with Gasteiger partial charge >= 0.3 is 0 Å². The quantitative estimate of drug-likeness (QED) is 0.859. The van der Waals surface area contributed by atoms with Gasteiger partial charge in [0.05, 0.1) is 18.6 Å². The monoisotopic (exact) mass is 349 g/mol.